The molecule has 0 saturated carbocycles. The summed E-state index contributed by atoms with van der Waals surface area (Å²) < 4.78 is 20.2. The van der Waals surface area contributed by atoms with E-state index in [1.807, 2.05) is 12.1 Å². The fraction of sp³-hybridized carbons (Fsp3) is 0.176. The molecule has 0 spiro atoms. The zero-order valence-corrected chi connectivity index (χ0v) is 14.7. The fourth-order valence-electron chi connectivity index (χ4n) is 2.17. The monoisotopic (exact) mass is 373 g/mol. The lowest BCUT2D eigenvalue weighted by Gasteiger charge is -2.07. The van der Waals surface area contributed by atoms with E-state index in [-0.39, 0.29) is 24.0 Å². The summed E-state index contributed by atoms with van der Waals surface area (Å²) >= 11 is 1.20. The molecule has 0 aliphatic carbocycles. The Morgan fingerprint density at radius 2 is 2.00 bits per heavy atom. The lowest BCUT2D eigenvalue weighted by atomic mass is 10.2. The molecule has 1 heterocycles. The number of benzene rings is 2. The SMILES string of the molecule is COc1ccc(-n2nnnc2SCC(=O)NCc2ccccc2F)cc1. The second-order valence-electron chi connectivity index (χ2n) is 5.23. The number of nitrogens with one attached hydrogen (secondary N) is 1. The van der Waals surface area contributed by atoms with Crippen molar-refractivity contribution in [3.63, 3.8) is 0 Å². The molecule has 0 atom stereocenters. The molecule has 0 unspecified atom stereocenters. The van der Waals surface area contributed by atoms with Crippen molar-refractivity contribution in [2.75, 3.05) is 12.9 Å². The van der Waals surface area contributed by atoms with Crippen LogP contribution in [0.1, 0.15) is 5.56 Å². The molecule has 7 nitrogen and oxygen atoms in total. The number of thioether (sulfide) groups is 1. The molecule has 0 radical (unpaired) electrons. The minimum Gasteiger partial charge on any atom is -0.497 e. The van der Waals surface area contributed by atoms with Gasteiger partial charge in [0.15, 0.2) is 0 Å². The van der Waals surface area contributed by atoms with E-state index in [4.69, 9.17) is 4.74 Å². The number of ether oxygens (including phenoxy) is 1. The summed E-state index contributed by atoms with van der Waals surface area (Å²) in [6, 6.07) is 13.6. The van der Waals surface area contributed by atoms with Crippen molar-refractivity contribution < 1.29 is 13.9 Å². The van der Waals surface area contributed by atoms with Crippen LogP contribution in [0.5, 0.6) is 5.75 Å². The lowest BCUT2D eigenvalue weighted by molar-refractivity contribution is -0.118. The number of amides is 1. The second kappa shape index (κ2) is 8.43. The molecule has 26 heavy (non-hydrogen) atoms. The van der Waals surface area contributed by atoms with Crippen molar-refractivity contribution in [3.8, 4) is 11.4 Å². The number of tetrazole rings is 1. The van der Waals surface area contributed by atoms with Crippen LogP contribution < -0.4 is 10.1 Å². The first kappa shape index (κ1) is 17.9. The summed E-state index contributed by atoms with van der Waals surface area (Å²) in [6.45, 7) is 0.134. The Morgan fingerprint density at radius 1 is 1.23 bits per heavy atom. The first-order chi connectivity index (χ1) is 12.7. The predicted molar refractivity (Wildman–Crippen MR) is 94.7 cm³/mol. The second-order valence-corrected chi connectivity index (χ2v) is 6.17. The smallest absolute Gasteiger partial charge is 0.230 e. The van der Waals surface area contributed by atoms with Crippen molar-refractivity contribution in [2.24, 2.45) is 0 Å². The molecule has 1 N–H and O–H groups in total. The van der Waals surface area contributed by atoms with Crippen LogP contribution in [0.3, 0.4) is 0 Å². The van der Waals surface area contributed by atoms with Crippen LogP contribution in [0.2, 0.25) is 0 Å². The van der Waals surface area contributed by atoms with Gasteiger partial charge < -0.3 is 10.1 Å². The van der Waals surface area contributed by atoms with Gasteiger partial charge in [0.2, 0.25) is 11.1 Å². The van der Waals surface area contributed by atoms with E-state index < -0.39 is 0 Å². The number of rotatable bonds is 7. The summed E-state index contributed by atoms with van der Waals surface area (Å²) in [6.07, 6.45) is 0. The van der Waals surface area contributed by atoms with Crippen LogP contribution in [-0.2, 0) is 11.3 Å². The van der Waals surface area contributed by atoms with Gasteiger partial charge in [-0.15, -0.1) is 5.10 Å². The predicted octanol–water partition coefficient (Wildman–Crippen LogP) is 2.22. The van der Waals surface area contributed by atoms with Gasteiger partial charge in [-0.2, -0.15) is 4.68 Å². The van der Waals surface area contributed by atoms with Crippen molar-refractivity contribution in [1.82, 2.24) is 25.5 Å². The Kier molecular flexibility index (Phi) is 5.80. The number of aromatic nitrogens is 4. The first-order valence-corrected chi connectivity index (χ1v) is 8.71. The molecule has 0 aliphatic rings. The van der Waals surface area contributed by atoms with Gasteiger partial charge in [0.25, 0.3) is 0 Å². The first-order valence-electron chi connectivity index (χ1n) is 7.73. The van der Waals surface area contributed by atoms with E-state index in [0.29, 0.717) is 10.7 Å². The van der Waals surface area contributed by atoms with E-state index in [9.17, 15) is 9.18 Å². The Morgan fingerprint density at radius 3 is 2.73 bits per heavy atom. The van der Waals surface area contributed by atoms with E-state index in [1.165, 1.54) is 22.5 Å². The van der Waals surface area contributed by atoms with E-state index in [2.05, 4.69) is 20.8 Å². The highest BCUT2D eigenvalue weighted by Crippen LogP contribution is 2.20. The highest BCUT2D eigenvalue weighted by atomic mass is 32.2. The van der Waals surface area contributed by atoms with Gasteiger partial charge in [0.05, 0.1) is 18.6 Å². The van der Waals surface area contributed by atoms with E-state index >= 15 is 0 Å². The molecule has 0 saturated heterocycles. The van der Waals surface area contributed by atoms with Crippen molar-refractivity contribution >= 4 is 17.7 Å². The Labute approximate surface area is 153 Å². The van der Waals surface area contributed by atoms with Crippen molar-refractivity contribution in [2.45, 2.75) is 11.7 Å². The topological polar surface area (TPSA) is 81.9 Å². The Hall–Kier alpha value is -2.94. The summed E-state index contributed by atoms with van der Waals surface area (Å²) in [5, 5.41) is 14.7. The van der Waals surface area contributed by atoms with E-state index in [0.717, 1.165) is 11.4 Å². The lowest BCUT2D eigenvalue weighted by Crippen LogP contribution is -2.25. The van der Waals surface area contributed by atoms with Crippen LogP contribution in [0.25, 0.3) is 5.69 Å². The number of carbonyl (C=O) groups excluding carboxylic acids is 1. The van der Waals surface area contributed by atoms with Crippen LogP contribution >= 0.6 is 11.8 Å². The quantitative estimate of drug-likeness (QED) is 0.640. The van der Waals surface area contributed by atoms with Gasteiger partial charge in [-0.3, -0.25) is 4.79 Å². The van der Waals surface area contributed by atoms with Gasteiger partial charge in [0.1, 0.15) is 11.6 Å². The van der Waals surface area contributed by atoms with Gasteiger partial charge in [-0.1, -0.05) is 30.0 Å². The van der Waals surface area contributed by atoms with Crippen LogP contribution in [0.15, 0.2) is 53.7 Å². The van der Waals surface area contributed by atoms with Crippen molar-refractivity contribution in [1.29, 1.82) is 0 Å². The van der Waals surface area contributed by atoms with Gasteiger partial charge >= 0.3 is 0 Å². The standard InChI is InChI=1S/C17H16FN5O2S/c1-25-14-8-6-13(7-9-14)23-17(20-21-22-23)26-11-16(24)19-10-12-4-2-3-5-15(12)18/h2-9H,10-11H2,1H3,(H,19,24). The molecule has 9 heteroatoms. The maximum absolute atomic E-state index is 13.5. The highest BCUT2D eigenvalue weighted by molar-refractivity contribution is 7.99. The number of carbonyl (C=O) groups is 1. The number of methoxy groups -OCH3 is 1. The molecule has 3 rings (SSSR count). The van der Waals surface area contributed by atoms with Crippen LogP contribution in [-0.4, -0.2) is 39.0 Å². The third-order valence-electron chi connectivity index (χ3n) is 3.52. The molecular formula is C17H16FN5O2S. The van der Waals surface area contributed by atoms with Crippen LogP contribution in [0, 0.1) is 5.82 Å². The molecule has 1 aromatic heterocycles. The van der Waals surface area contributed by atoms with Gasteiger partial charge in [-0.25, -0.2) is 4.39 Å². The average Bonchev–Trinajstić information content (AvgIpc) is 3.14. The molecule has 1 amide bonds. The number of halogens is 1. The van der Waals surface area contributed by atoms with Gasteiger partial charge in [-0.05, 0) is 40.8 Å². The summed E-state index contributed by atoms with van der Waals surface area (Å²) in [4.78, 5) is 12.0. The molecule has 3 aromatic rings. The normalized spacial score (nSPS) is 10.5. The number of nitrogens with zero attached hydrogens (tertiary/aromatic N) is 4. The summed E-state index contributed by atoms with van der Waals surface area (Å²) in [5.74, 6) is 0.264. The zero-order valence-electron chi connectivity index (χ0n) is 13.9. The molecule has 0 bridgehead atoms. The number of hydrogen-bond acceptors (Lipinski definition) is 6. The van der Waals surface area contributed by atoms with E-state index in [1.54, 1.807) is 37.4 Å². The third-order valence-corrected chi connectivity index (χ3v) is 4.44. The Balaban J connectivity index is 1.57. The molecular weight excluding hydrogens is 357 g/mol. The zero-order chi connectivity index (χ0) is 18.4. The summed E-state index contributed by atoms with van der Waals surface area (Å²) in [5.41, 5.74) is 1.19. The fourth-order valence-corrected chi connectivity index (χ4v) is 2.89. The van der Waals surface area contributed by atoms with Crippen LogP contribution in [0.4, 0.5) is 4.39 Å². The maximum Gasteiger partial charge on any atom is 0.230 e. The highest BCUT2D eigenvalue weighted by Gasteiger charge is 2.12. The van der Waals surface area contributed by atoms with Crippen molar-refractivity contribution in [3.05, 3.63) is 59.9 Å². The summed E-state index contributed by atoms with van der Waals surface area (Å²) in [7, 11) is 1.59. The van der Waals surface area contributed by atoms with Gasteiger partial charge in [0, 0.05) is 12.1 Å². The largest absolute Gasteiger partial charge is 0.497 e. The minimum absolute atomic E-state index is 0.116. The molecule has 2 aromatic carbocycles. The third kappa shape index (κ3) is 4.37. The minimum atomic E-state index is -0.344. The molecule has 0 fully saturated rings. The molecule has 134 valence electrons. The average molecular weight is 373 g/mol. The number of hydrogen-bond donors (Lipinski definition) is 1. The maximum atomic E-state index is 13.5. The Bertz CT molecular complexity index is 885. The molecule has 0 aliphatic heterocycles.